The van der Waals surface area contributed by atoms with E-state index in [1.807, 2.05) is 12.2 Å². The van der Waals surface area contributed by atoms with Gasteiger partial charge in [0.1, 0.15) is 5.60 Å². The number of esters is 1. The molecule has 0 spiro atoms. The maximum Gasteiger partial charge on any atom is 0.407 e. The molecule has 1 aliphatic carbocycles. The summed E-state index contributed by atoms with van der Waals surface area (Å²) in [6, 6.07) is -0.265. The van der Waals surface area contributed by atoms with Gasteiger partial charge in [-0.05, 0) is 40.5 Å². The topological polar surface area (TPSA) is 64.6 Å². The second-order valence-electron chi connectivity index (χ2n) is 5.55. The first-order valence-corrected chi connectivity index (χ1v) is 6.64. The normalized spacial score (nSPS) is 22.7. The third-order valence-electron chi connectivity index (χ3n) is 2.72. The number of nitrogens with one attached hydrogen (secondary N) is 1. The SMILES string of the molecule is CCOC(=O)[C@H]1CC=CC[C@@H]1NC(=O)OC(C)(C)C. The van der Waals surface area contributed by atoms with Crippen molar-refractivity contribution < 1.29 is 19.1 Å². The molecule has 5 nitrogen and oxygen atoms in total. The highest BCUT2D eigenvalue weighted by atomic mass is 16.6. The lowest BCUT2D eigenvalue weighted by Gasteiger charge is -2.29. The van der Waals surface area contributed by atoms with Crippen LogP contribution in [0, 0.1) is 5.92 Å². The highest BCUT2D eigenvalue weighted by molar-refractivity contribution is 5.75. The fourth-order valence-corrected chi connectivity index (χ4v) is 1.94. The molecule has 0 bridgehead atoms. The lowest BCUT2D eigenvalue weighted by molar-refractivity contribution is -0.149. The van der Waals surface area contributed by atoms with E-state index in [-0.39, 0.29) is 17.9 Å². The highest BCUT2D eigenvalue weighted by Crippen LogP contribution is 2.21. The number of rotatable bonds is 3. The van der Waals surface area contributed by atoms with E-state index >= 15 is 0 Å². The second-order valence-corrected chi connectivity index (χ2v) is 5.55. The van der Waals surface area contributed by atoms with Gasteiger partial charge in [0.15, 0.2) is 0 Å². The molecule has 0 aliphatic heterocycles. The summed E-state index contributed by atoms with van der Waals surface area (Å²) in [4.78, 5) is 23.6. The third-order valence-corrected chi connectivity index (χ3v) is 2.72. The molecule has 0 aromatic heterocycles. The van der Waals surface area contributed by atoms with Gasteiger partial charge in [0.2, 0.25) is 0 Å². The fourth-order valence-electron chi connectivity index (χ4n) is 1.94. The molecule has 0 unspecified atom stereocenters. The Morgan fingerprint density at radius 3 is 2.47 bits per heavy atom. The van der Waals surface area contributed by atoms with Gasteiger partial charge in [-0.3, -0.25) is 4.79 Å². The first-order chi connectivity index (χ1) is 8.83. The van der Waals surface area contributed by atoms with E-state index in [4.69, 9.17) is 9.47 Å². The lowest BCUT2D eigenvalue weighted by atomic mass is 9.89. The molecule has 1 rings (SSSR count). The van der Waals surface area contributed by atoms with Crippen LogP contribution in [0.15, 0.2) is 12.2 Å². The minimum Gasteiger partial charge on any atom is -0.466 e. The second kappa shape index (κ2) is 6.59. The average Bonchev–Trinajstić information content (AvgIpc) is 2.27. The Kier molecular flexibility index (Phi) is 5.39. The molecule has 0 radical (unpaired) electrons. The number of hydrogen-bond donors (Lipinski definition) is 1. The Morgan fingerprint density at radius 2 is 1.89 bits per heavy atom. The molecule has 1 amide bonds. The lowest BCUT2D eigenvalue weighted by Crippen LogP contribution is -2.46. The first kappa shape index (κ1) is 15.5. The molecule has 5 heteroatoms. The van der Waals surface area contributed by atoms with Crippen molar-refractivity contribution in [3.8, 4) is 0 Å². The molecule has 0 heterocycles. The number of amides is 1. The van der Waals surface area contributed by atoms with Crippen molar-refractivity contribution >= 4 is 12.1 Å². The maximum atomic E-state index is 11.8. The van der Waals surface area contributed by atoms with Crippen LogP contribution < -0.4 is 5.32 Å². The molecular weight excluding hydrogens is 246 g/mol. The van der Waals surface area contributed by atoms with E-state index < -0.39 is 11.7 Å². The van der Waals surface area contributed by atoms with E-state index in [0.717, 1.165) is 0 Å². The van der Waals surface area contributed by atoms with E-state index in [0.29, 0.717) is 19.4 Å². The molecular formula is C14H23NO4. The average molecular weight is 269 g/mol. The number of hydrogen-bond acceptors (Lipinski definition) is 4. The summed E-state index contributed by atoms with van der Waals surface area (Å²) >= 11 is 0. The highest BCUT2D eigenvalue weighted by Gasteiger charge is 2.32. The molecule has 0 saturated heterocycles. The van der Waals surface area contributed by atoms with Crippen LogP contribution >= 0.6 is 0 Å². The van der Waals surface area contributed by atoms with Crippen LogP contribution in [0.2, 0.25) is 0 Å². The van der Waals surface area contributed by atoms with E-state index in [1.165, 1.54) is 0 Å². The number of carbonyl (C=O) groups excluding carboxylic acids is 2. The zero-order valence-corrected chi connectivity index (χ0v) is 12.1. The summed E-state index contributed by atoms with van der Waals surface area (Å²) in [7, 11) is 0. The summed E-state index contributed by atoms with van der Waals surface area (Å²) in [6.45, 7) is 7.52. The number of allylic oxidation sites excluding steroid dienone is 1. The minimum absolute atomic E-state index is 0.265. The van der Waals surface area contributed by atoms with Crippen LogP contribution in [-0.4, -0.2) is 30.3 Å². The summed E-state index contributed by atoms with van der Waals surface area (Å²) in [6.07, 6.45) is 4.59. The van der Waals surface area contributed by atoms with Crippen LogP contribution in [0.1, 0.15) is 40.5 Å². The van der Waals surface area contributed by atoms with Gasteiger partial charge in [0, 0.05) is 6.04 Å². The minimum atomic E-state index is -0.548. The maximum absolute atomic E-state index is 11.8. The third kappa shape index (κ3) is 5.32. The molecule has 1 N–H and O–H groups in total. The van der Waals surface area contributed by atoms with Gasteiger partial charge in [0.25, 0.3) is 0 Å². The summed E-state index contributed by atoms with van der Waals surface area (Å²) in [5.74, 6) is -0.606. The summed E-state index contributed by atoms with van der Waals surface area (Å²) in [5, 5.41) is 2.75. The largest absolute Gasteiger partial charge is 0.466 e. The molecule has 2 atom stereocenters. The zero-order valence-electron chi connectivity index (χ0n) is 12.1. The Labute approximate surface area is 114 Å². The van der Waals surface area contributed by atoms with Gasteiger partial charge in [-0.2, -0.15) is 0 Å². The standard InChI is InChI=1S/C14H23NO4/c1-5-18-12(16)10-8-6-7-9-11(10)15-13(17)19-14(2,3)4/h6-7,10-11H,5,8-9H2,1-4H3,(H,15,17)/t10-,11-/m0/s1. The van der Waals surface area contributed by atoms with Gasteiger partial charge in [-0.25, -0.2) is 4.79 Å². The number of alkyl carbamates (subject to hydrolysis) is 1. The zero-order chi connectivity index (χ0) is 14.5. The van der Waals surface area contributed by atoms with Crippen molar-refractivity contribution in [3.63, 3.8) is 0 Å². The Balaban J connectivity index is 2.61. The van der Waals surface area contributed by atoms with Crippen molar-refractivity contribution in [3.05, 3.63) is 12.2 Å². The predicted molar refractivity (Wildman–Crippen MR) is 71.7 cm³/mol. The van der Waals surface area contributed by atoms with Crippen molar-refractivity contribution in [2.75, 3.05) is 6.61 Å². The Morgan fingerprint density at radius 1 is 1.26 bits per heavy atom. The Hall–Kier alpha value is -1.52. The molecule has 0 saturated carbocycles. The smallest absolute Gasteiger partial charge is 0.407 e. The van der Waals surface area contributed by atoms with E-state index in [9.17, 15) is 9.59 Å². The van der Waals surface area contributed by atoms with Crippen LogP contribution in [0.5, 0.6) is 0 Å². The predicted octanol–water partition coefficient (Wildman–Crippen LogP) is 2.41. The molecule has 108 valence electrons. The van der Waals surface area contributed by atoms with Crippen LogP contribution in [0.3, 0.4) is 0 Å². The summed E-state index contributed by atoms with van der Waals surface area (Å²) < 4.78 is 10.2. The van der Waals surface area contributed by atoms with Gasteiger partial charge >= 0.3 is 12.1 Å². The monoisotopic (exact) mass is 269 g/mol. The van der Waals surface area contributed by atoms with Gasteiger partial charge in [0.05, 0.1) is 12.5 Å². The molecule has 19 heavy (non-hydrogen) atoms. The quantitative estimate of drug-likeness (QED) is 0.631. The molecule has 1 aliphatic rings. The first-order valence-electron chi connectivity index (χ1n) is 6.64. The Bertz CT molecular complexity index is 357. The van der Waals surface area contributed by atoms with Gasteiger partial charge in [-0.15, -0.1) is 0 Å². The molecule has 0 aromatic carbocycles. The number of ether oxygens (including phenoxy) is 2. The van der Waals surface area contributed by atoms with Crippen molar-refractivity contribution in [1.29, 1.82) is 0 Å². The van der Waals surface area contributed by atoms with Crippen molar-refractivity contribution in [1.82, 2.24) is 5.32 Å². The summed E-state index contributed by atoms with van der Waals surface area (Å²) in [5.41, 5.74) is -0.548. The van der Waals surface area contributed by atoms with E-state index in [1.54, 1.807) is 27.7 Å². The van der Waals surface area contributed by atoms with Gasteiger partial charge < -0.3 is 14.8 Å². The van der Waals surface area contributed by atoms with Crippen LogP contribution in [0.4, 0.5) is 4.79 Å². The van der Waals surface area contributed by atoms with Gasteiger partial charge in [-0.1, -0.05) is 12.2 Å². The van der Waals surface area contributed by atoms with Crippen molar-refractivity contribution in [2.45, 2.75) is 52.2 Å². The van der Waals surface area contributed by atoms with Crippen molar-refractivity contribution in [2.24, 2.45) is 5.92 Å². The van der Waals surface area contributed by atoms with Crippen LogP contribution in [-0.2, 0) is 14.3 Å². The molecule has 0 fully saturated rings. The van der Waals surface area contributed by atoms with Crippen LogP contribution in [0.25, 0.3) is 0 Å². The number of carbonyl (C=O) groups is 2. The van der Waals surface area contributed by atoms with E-state index in [2.05, 4.69) is 5.32 Å². The molecule has 0 aromatic rings. The fraction of sp³-hybridized carbons (Fsp3) is 0.714.